The van der Waals surface area contributed by atoms with Gasteiger partial charge in [-0.3, -0.25) is 10.3 Å². The SMILES string of the molecule is CCNN(C)CN(C)C. The Morgan fingerprint density at radius 1 is 1.22 bits per heavy atom. The Balaban J connectivity index is 3.15. The topological polar surface area (TPSA) is 18.5 Å². The Kier molecular flexibility index (Phi) is 4.67. The molecule has 0 rings (SSSR count). The minimum atomic E-state index is 0.952. The maximum absolute atomic E-state index is 3.17. The standard InChI is InChI=1S/C6H17N3/c1-5-7-9(4)6-8(2)3/h7H,5-6H2,1-4H3. The number of hydrogen-bond donors (Lipinski definition) is 1. The molecule has 0 fully saturated rings. The lowest BCUT2D eigenvalue weighted by atomic mass is 10.8. The van der Waals surface area contributed by atoms with Crippen molar-refractivity contribution in [1.82, 2.24) is 15.3 Å². The van der Waals surface area contributed by atoms with Gasteiger partial charge < -0.3 is 0 Å². The van der Waals surface area contributed by atoms with E-state index in [1.165, 1.54) is 0 Å². The van der Waals surface area contributed by atoms with Crippen molar-refractivity contribution < 1.29 is 0 Å². The van der Waals surface area contributed by atoms with Gasteiger partial charge in [-0.25, -0.2) is 5.01 Å². The van der Waals surface area contributed by atoms with Crippen molar-refractivity contribution >= 4 is 0 Å². The summed E-state index contributed by atoms with van der Waals surface area (Å²) < 4.78 is 0. The Morgan fingerprint density at radius 2 is 1.78 bits per heavy atom. The Hall–Kier alpha value is -0.120. The molecule has 3 heteroatoms. The van der Waals surface area contributed by atoms with Crippen LogP contribution in [0.4, 0.5) is 0 Å². The van der Waals surface area contributed by atoms with Crippen LogP contribution in [-0.4, -0.2) is 44.3 Å². The van der Waals surface area contributed by atoms with E-state index >= 15 is 0 Å². The van der Waals surface area contributed by atoms with Crippen LogP contribution in [0.5, 0.6) is 0 Å². The molecule has 0 heterocycles. The molecule has 0 atom stereocenters. The number of rotatable bonds is 4. The first kappa shape index (κ1) is 8.88. The lowest BCUT2D eigenvalue weighted by Gasteiger charge is -2.20. The van der Waals surface area contributed by atoms with E-state index in [1.54, 1.807) is 0 Å². The molecule has 0 amide bonds. The van der Waals surface area contributed by atoms with E-state index in [1.807, 2.05) is 21.1 Å². The predicted molar refractivity (Wildman–Crippen MR) is 40.0 cm³/mol. The lowest BCUT2D eigenvalue weighted by Crippen LogP contribution is -2.40. The predicted octanol–water partition coefficient (Wildman–Crippen LogP) is -0.0382. The van der Waals surface area contributed by atoms with Crippen LogP contribution in [-0.2, 0) is 0 Å². The van der Waals surface area contributed by atoms with Gasteiger partial charge in [-0.2, -0.15) is 0 Å². The van der Waals surface area contributed by atoms with Gasteiger partial charge in [0.2, 0.25) is 0 Å². The molecular weight excluding hydrogens is 114 g/mol. The second kappa shape index (κ2) is 4.73. The molecule has 0 saturated carbocycles. The van der Waals surface area contributed by atoms with Crippen molar-refractivity contribution in [2.45, 2.75) is 6.92 Å². The van der Waals surface area contributed by atoms with Crippen LogP contribution < -0.4 is 5.43 Å². The van der Waals surface area contributed by atoms with Crippen molar-refractivity contribution in [3.8, 4) is 0 Å². The molecular formula is C6H17N3. The van der Waals surface area contributed by atoms with Gasteiger partial charge in [0.05, 0.1) is 6.67 Å². The van der Waals surface area contributed by atoms with Crippen molar-refractivity contribution in [3.05, 3.63) is 0 Å². The second-order valence-electron chi connectivity index (χ2n) is 2.43. The van der Waals surface area contributed by atoms with Crippen LogP contribution in [0.2, 0.25) is 0 Å². The zero-order valence-electron chi connectivity index (χ0n) is 6.81. The molecule has 56 valence electrons. The van der Waals surface area contributed by atoms with Crippen molar-refractivity contribution in [2.75, 3.05) is 34.4 Å². The van der Waals surface area contributed by atoms with E-state index < -0.39 is 0 Å². The van der Waals surface area contributed by atoms with Crippen LogP contribution in [0.3, 0.4) is 0 Å². The smallest absolute Gasteiger partial charge is 0.0637 e. The summed E-state index contributed by atoms with van der Waals surface area (Å²) in [6.45, 7) is 4.03. The minimum absolute atomic E-state index is 0.952. The normalized spacial score (nSPS) is 11.3. The first-order valence-electron chi connectivity index (χ1n) is 3.26. The van der Waals surface area contributed by atoms with Crippen molar-refractivity contribution in [1.29, 1.82) is 0 Å². The summed E-state index contributed by atoms with van der Waals surface area (Å²) in [6.07, 6.45) is 0. The van der Waals surface area contributed by atoms with Gasteiger partial charge in [-0.1, -0.05) is 6.92 Å². The van der Waals surface area contributed by atoms with Gasteiger partial charge in [0.1, 0.15) is 0 Å². The Morgan fingerprint density at radius 3 is 2.11 bits per heavy atom. The Bertz CT molecular complexity index is 63.3. The summed E-state index contributed by atoms with van der Waals surface area (Å²) in [7, 11) is 6.13. The van der Waals surface area contributed by atoms with E-state index in [9.17, 15) is 0 Å². The fraction of sp³-hybridized carbons (Fsp3) is 1.00. The zero-order valence-corrected chi connectivity index (χ0v) is 6.81. The molecule has 0 radical (unpaired) electrons. The van der Waals surface area contributed by atoms with Gasteiger partial charge >= 0.3 is 0 Å². The largest absolute Gasteiger partial charge is 0.296 e. The number of hydrazine groups is 1. The first-order valence-corrected chi connectivity index (χ1v) is 3.26. The van der Waals surface area contributed by atoms with Crippen LogP contribution in [0.25, 0.3) is 0 Å². The van der Waals surface area contributed by atoms with Crippen LogP contribution in [0, 0.1) is 0 Å². The first-order chi connectivity index (χ1) is 4.16. The highest BCUT2D eigenvalue weighted by Gasteiger charge is 1.94. The molecule has 0 aromatic heterocycles. The second-order valence-corrected chi connectivity index (χ2v) is 2.43. The van der Waals surface area contributed by atoms with E-state index in [4.69, 9.17) is 0 Å². The molecule has 0 aromatic carbocycles. The van der Waals surface area contributed by atoms with Gasteiger partial charge in [0.25, 0.3) is 0 Å². The van der Waals surface area contributed by atoms with Crippen molar-refractivity contribution in [2.24, 2.45) is 0 Å². The van der Waals surface area contributed by atoms with Gasteiger partial charge in [0.15, 0.2) is 0 Å². The summed E-state index contributed by atoms with van der Waals surface area (Å²) >= 11 is 0. The summed E-state index contributed by atoms with van der Waals surface area (Å²) in [5.41, 5.74) is 3.17. The third kappa shape index (κ3) is 5.76. The van der Waals surface area contributed by atoms with Crippen LogP contribution >= 0.6 is 0 Å². The average Bonchev–Trinajstić information content (AvgIpc) is 1.63. The Labute approximate surface area is 57.6 Å². The minimum Gasteiger partial charge on any atom is -0.296 e. The third-order valence-corrected chi connectivity index (χ3v) is 0.923. The molecule has 0 aliphatic heterocycles. The van der Waals surface area contributed by atoms with Gasteiger partial charge in [-0.15, -0.1) is 0 Å². The third-order valence-electron chi connectivity index (χ3n) is 0.923. The maximum Gasteiger partial charge on any atom is 0.0637 e. The molecule has 0 unspecified atom stereocenters. The van der Waals surface area contributed by atoms with Gasteiger partial charge in [0, 0.05) is 13.6 Å². The molecule has 0 bridgehead atoms. The van der Waals surface area contributed by atoms with E-state index in [0.29, 0.717) is 0 Å². The number of nitrogens with zero attached hydrogens (tertiary/aromatic N) is 2. The molecule has 0 aromatic rings. The van der Waals surface area contributed by atoms with E-state index in [0.717, 1.165) is 13.2 Å². The number of nitrogens with one attached hydrogen (secondary N) is 1. The summed E-state index contributed by atoms with van der Waals surface area (Å²) in [5, 5.41) is 2.06. The fourth-order valence-corrected chi connectivity index (χ4v) is 0.744. The molecule has 1 N–H and O–H groups in total. The number of hydrogen-bond acceptors (Lipinski definition) is 3. The zero-order chi connectivity index (χ0) is 7.28. The quantitative estimate of drug-likeness (QED) is 0.427. The van der Waals surface area contributed by atoms with E-state index in [-0.39, 0.29) is 0 Å². The van der Waals surface area contributed by atoms with Crippen LogP contribution in [0.15, 0.2) is 0 Å². The molecule has 0 aliphatic rings. The van der Waals surface area contributed by atoms with E-state index in [2.05, 4.69) is 22.3 Å². The molecule has 0 aliphatic carbocycles. The molecule has 0 spiro atoms. The molecule has 0 saturated heterocycles. The molecule has 3 nitrogen and oxygen atoms in total. The van der Waals surface area contributed by atoms with Crippen molar-refractivity contribution in [3.63, 3.8) is 0 Å². The highest BCUT2D eigenvalue weighted by Crippen LogP contribution is 1.76. The highest BCUT2D eigenvalue weighted by atomic mass is 15.5. The maximum atomic E-state index is 3.17. The monoisotopic (exact) mass is 131 g/mol. The van der Waals surface area contributed by atoms with Crippen LogP contribution in [0.1, 0.15) is 6.92 Å². The summed E-state index contributed by atoms with van der Waals surface area (Å²) in [6, 6.07) is 0. The fourth-order valence-electron chi connectivity index (χ4n) is 0.744. The molecule has 9 heavy (non-hydrogen) atoms. The lowest BCUT2D eigenvalue weighted by molar-refractivity contribution is 0.153. The summed E-state index contributed by atoms with van der Waals surface area (Å²) in [4.78, 5) is 2.11. The average molecular weight is 131 g/mol. The van der Waals surface area contributed by atoms with Gasteiger partial charge in [-0.05, 0) is 14.1 Å². The highest BCUT2D eigenvalue weighted by molar-refractivity contribution is 4.39. The summed E-state index contributed by atoms with van der Waals surface area (Å²) in [5.74, 6) is 0.